The maximum Gasteiger partial charge on any atom is 0.276 e. The number of hydrogen-bond donors (Lipinski definition) is 1. The number of carbonyl (C=O) groups excluding carboxylic acids is 1. The molecule has 2 rings (SSSR count). The van der Waals surface area contributed by atoms with E-state index in [0.717, 1.165) is 25.2 Å². The van der Waals surface area contributed by atoms with E-state index in [1.807, 2.05) is 13.8 Å². The van der Waals surface area contributed by atoms with E-state index >= 15 is 0 Å². The molecule has 0 spiro atoms. The van der Waals surface area contributed by atoms with Crippen LogP contribution >= 0.6 is 0 Å². The molecule has 0 saturated carbocycles. The largest absolute Gasteiger partial charge is 0.334 e. The first-order chi connectivity index (χ1) is 10.1. The zero-order chi connectivity index (χ0) is 15.2. The highest BCUT2D eigenvalue weighted by Crippen LogP contribution is 2.12. The van der Waals surface area contributed by atoms with Crippen LogP contribution in [0.25, 0.3) is 0 Å². The van der Waals surface area contributed by atoms with Gasteiger partial charge in [0.15, 0.2) is 5.69 Å². The number of piperidine rings is 1. The Hall–Kier alpha value is -1.69. The summed E-state index contributed by atoms with van der Waals surface area (Å²) in [6, 6.07) is 0. The van der Waals surface area contributed by atoms with Crippen molar-refractivity contribution in [3.8, 4) is 0 Å². The van der Waals surface area contributed by atoms with Gasteiger partial charge in [0.2, 0.25) is 0 Å². The molecular weight excluding hydrogens is 266 g/mol. The first-order valence-corrected chi connectivity index (χ1v) is 7.64. The summed E-state index contributed by atoms with van der Waals surface area (Å²) < 4.78 is 1.79. The SMILES string of the molecule is C=C(C)CN(CC)C(=O)c1cn(C[C@H]2CCCNC2)nn1. The summed E-state index contributed by atoms with van der Waals surface area (Å²) >= 11 is 0. The highest BCUT2D eigenvalue weighted by atomic mass is 16.2. The van der Waals surface area contributed by atoms with Crippen LogP contribution in [0.15, 0.2) is 18.3 Å². The van der Waals surface area contributed by atoms with Gasteiger partial charge in [-0.2, -0.15) is 0 Å². The summed E-state index contributed by atoms with van der Waals surface area (Å²) in [5.74, 6) is 0.495. The van der Waals surface area contributed by atoms with Gasteiger partial charge in [0.1, 0.15) is 0 Å². The van der Waals surface area contributed by atoms with E-state index in [9.17, 15) is 4.79 Å². The molecule has 0 bridgehead atoms. The fraction of sp³-hybridized carbons (Fsp3) is 0.667. The molecule has 1 aromatic rings. The molecule has 6 heteroatoms. The molecule has 6 nitrogen and oxygen atoms in total. The third-order valence-electron chi connectivity index (χ3n) is 3.73. The predicted octanol–water partition coefficient (Wildman–Crippen LogP) is 1.32. The fourth-order valence-electron chi connectivity index (χ4n) is 2.65. The number of nitrogens with one attached hydrogen (secondary N) is 1. The standard InChI is InChI=1S/C15H25N5O/c1-4-19(9-12(2)3)15(21)14-11-20(18-17-14)10-13-6-5-7-16-8-13/h11,13,16H,2,4-10H2,1,3H3/t13-/m0/s1. The van der Waals surface area contributed by atoms with Crippen LogP contribution in [0.1, 0.15) is 37.2 Å². The van der Waals surface area contributed by atoms with Crippen molar-refractivity contribution in [3.63, 3.8) is 0 Å². The zero-order valence-electron chi connectivity index (χ0n) is 13.0. The smallest absolute Gasteiger partial charge is 0.276 e. The molecule has 1 aliphatic rings. The zero-order valence-corrected chi connectivity index (χ0v) is 13.0. The first-order valence-electron chi connectivity index (χ1n) is 7.64. The lowest BCUT2D eigenvalue weighted by Crippen LogP contribution is -2.32. The molecule has 1 saturated heterocycles. The van der Waals surface area contributed by atoms with Gasteiger partial charge < -0.3 is 10.2 Å². The molecule has 1 aromatic heterocycles. The van der Waals surface area contributed by atoms with Gasteiger partial charge >= 0.3 is 0 Å². The third-order valence-corrected chi connectivity index (χ3v) is 3.73. The minimum Gasteiger partial charge on any atom is -0.334 e. The Balaban J connectivity index is 1.97. The Morgan fingerprint density at radius 1 is 1.62 bits per heavy atom. The molecule has 1 N–H and O–H groups in total. The van der Waals surface area contributed by atoms with E-state index in [4.69, 9.17) is 0 Å². The van der Waals surface area contributed by atoms with Crippen LogP contribution in [-0.4, -0.2) is 52.0 Å². The second kappa shape index (κ2) is 7.36. The lowest BCUT2D eigenvalue weighted by atomic mass is 10.00. The second-order valence-electron chi connectivity index (χ2n) is 5.81. The fourth-order valence-corrected chi connectivity index (χ4v) is 2.65. The van der Waals surface area contributed by atoms with Crippen LogP contribution in [0.2, 0.25) is 0 Å². The topological polar surface area (TPSA) is 63.1 Å². The molecular formula is C15H25N5O. The Labute approximate surface area is 126 Å². The molecule has 2 heterocycles. The number of hydrogen-bond acceptors (Lipinski definition) is 4. The van der Waals surface area contributed by atoms with Crippen LogP contribution in [0, 0.1) is 5.92 Å². The molecule has 116 valence electrons. The monoisotopic (exact) mass is 291 g/mol. The van der Waals surface area contributed by atoms with Gasteiger partial charge in [-0.25, -0.2) is 0 Å². The van der Waals surface area contributed by atoms with Gasteiger partial charge in [0.05, 0.1) is 6.20 Å². The number of likely N-dealkylation sites (N-methyl/N-ethyl adjacent to an activating group) is 1. The molecule has 1 amide bonds. The quantitative estimate of drug-likeness (QED) is 0.803. The third kappa shape index (κ3) is 4.39. The highest BCUT2D eigenvalue weighted by molar-refractivity contribution is 5.92. The Kier molecular flexibility index (Phi) is 5.50. The predicted molar refractivity (Wildman–Crippen MR) is 82.0 cm³/mol. The van der Waals surface area contributed by atoms with E-state index < -0.39 is 0 Å². The van der Waals surface area contributed by atoms with E-state index in [-0.39, 0.29) is 5.91 Å². The summed E-state index contributed by atoms with van der Waals surface area (Å²) in [5.41, 5.74) is 1.38. The molecule has 0 radical (unpaired) electrons. The number of aromatic nitrogens is 3. The van der Waals surface area contributed by atoms with Gasteiger partial charge in [-0.1, -0.05) is 17.4 Å². The summed E-state index contributed by atoms with van der Waals surface area (Å²) in [7, 11) is 0. The summed E-state index contributed by atoms with van der Waals surface area (Å²) in [4.78, 5) is 14.1. The lowest BCUT2D eigenvalue weighted by molar-refractivity contribution is 0.0772. The maximum atomic E-state index is 12.4. The summed E-state index contributed by atoms with van der Waals surface area (Å²) in [6.07, 6.45) is 4.16. The first kappa shape index (κ1) is 15.7. The maximum absolute atomic E-state index is 12.4. The number of carbonyl (C=O) groups is 1. The highest BCUT2D eigenvalue weighted by Gasteiger charge is 2.19. The van der Waals surface area contributed by atoms with Gasteiger partial charge in [-0.3, -0.25) is 9.48 Å². The average molecular weight is 291 g/mol. The van der Waals surface area contributed by atoms with Gasteiger partial charge in [-0.05, 0) is 45.7 Å². The van der Waals surface area contributed by atoms with Gasteiger partial charge in [0.25, 0.3) is 5.91 Å². The average Bonchev–Trinajstić information content (AvgIpc) is 2.93. The molecule has 0 aromatic carbocycles. The summed E-state index contributed by atoms with van der Waals surface area (Å²) in [5, 5.41) is 11.5. The van der Waals surface area contributed by atoms with E-state index in [1.165, 1.54) is 12.8 Å². The van der Waals surface area contributed by atoms with Crippen LogP contribution in [0.5, 0.6) is 0 Å². The van der Waals surface area contributed by atoms with E-state index in [1.54, 1.807) is 15.8 Å². The Morgan fingerprint density at radius 2 is 2.43 bits per heavy atom. The molecule has 0 unspecified atom stereocenters. The second-order valence-corrected chi connectivity index (χ2v) is 5.81. The molecule has 0 aliphatic carbocycles. The van der Waals surface area contributed by atoms with Crippen molar-refractivity contribution in [1.29, 1.82) is 0 Å². The van der Waals surface area contributed by atoms with Crippen molar-refractivity contribution in [2.75, 3.05) is 26.2 Å². The Bertz CT molecular complexity index is 490. The van der Waals surface area contributed by atoms with Crippen LogP contribution in [0.4, 0.5) is 0 Å². The van der Waals surface area contributed by atoms with Crippen molar-refractivity contribution < 1.29 is 4.79 Å². The van der Waals surface area contributed by atoms with E-state index in [2.05, 4.69) is 22.2 Å². The Morgan fingerprint density at radius 3 is 3.05 bits per heavy atom. The van der Waals surface area contributed by atoms with Crippen molar-refractivity contribution >= 4 is 5.91 Å². The van der Waals surface area contributed by atoms with Crippen molar-refractivity contribution in [1.82, 2.24) is 25.2 Å². The van der Waals surface area contributed by atoms with Crippen molar-refractivity contribution in [2.45, 2.75) is 33.2 Å². The normalized spacial score (nSPS) is 18.5. The van der Waals surface area contributed by atoms with Gasteiger partial charge in [-0.15, -0.1) is 5.10 Å². The summed E-state index contributed by atoms with van der Waals surface area (Å²) in [6.45, 7) is 11.9. The van der Waals surface area contributed by atoms with Crippen LogP contribution in [0.3, 0.4) is 0 Å². The molecule has 1 aliphatic heterocycles. The van der Waals surface area contributed by atoms with Crippen LogP contribution in [-0.2, 0) is 6.54 Å². The number of nitrogens with zero attached hydrogens (tertiary/aromatic N) is 4. The molecule has 1 atom stereocenters. The molecule has 21 heavy (non-hydrogen) atoms. The van der Waals surface area contributed by atoms with E-state index in [0.29, 0.717) is 24.7 Å². The number of rotatable bonds is 6. The molecule has 1 fully saturated rings. The van der Waals surface area contributed by atoms with Crippen molar-refractivity contribution in [2.24, 2.45) is 5.92 Å². The minimum absolute atomic E-state index is 0.0754. The minimum atomic E-state index is -0.0754. The van der Waals surface area contributed by atoms with Gasteiger partial charge in [0, 0.05) is 19.6 Å². The number of amides is 1. The lowest BCUT2D eigenvalue weighted by Gasteiger charge is -2.22. The van der Waals surface area contributed by atoms with Crippen LogP contribution < -0.4 is 5.32 Å². The van der Waals surface area contributed by atoms with Crippen molar-refractivity contribution in [3.05, 3.63) is 24.0 Å².